The highest BCUT2D eigenvalue weighted by molar-refractivity contribution is 8.03. The Kier molecular flexibility index (Phi) is 5.68. The highest BCUT2D eigenvalue weighted by Crippen LogP contribution is 2.48. The van der Waals surface area contributed by atoms with Crippen molar-refractivity contribution in [2.75, 3.05) is 0 Å². The van der Waals surface area contributed by atoms with E-state index < -0.39 is 5.25 Å². The van der Waals surface area contributed by atoms with Gasteiger partial charge in [0.25, 0.3) is 0 Å². The summed E-state index contributed by atoms with van der Waals surface area (Å²) < 4.78 is 0. The number of rotatable bonds is 4. The normalized spacial score (nSPS) is 22.2. The number of Topliss-reactive ketones (excluding diaryl/α,β-unsaturated/α-hetero) is 1. The summed E-state index contributed by atoms with van der Waals surface area (Å²) in [4.78, 5) is 12.9. The first-order valence-corrected chi connectivity index (χ1v) is 10.4. The first kappa shape index (κ1) is 20.2. The zero-order valence-corrected chi connectivity index (χ0v) is 17.6. The zero-order valence-electron chi connectivity index (χ0n) is 16.7. The van der Waals surface area contributed by atoms with E-state index in [0.717, 1.165) is 23.3 Å². The molecule has 1 aromatic rings. The smallest absolute Gasteiger partial charge is 0.161 e. The van der Waals surface area contributed by atoms with Gasteiger partial charge in [-0.15, -0.1) is 0 Å². The molecule has 2 aliphatic rings. The number of nitrogens with zero attached hydrogens (tertiary/aromatic N) is 2. The number of thioether (sulfide) groups is 1. The maximum atomic E-state index is 12.9. The van der Waals surface area contributed by atoms with Crippen LogP contribution in [-0.4, -0.2) is 5.78 Å². The van der Waals surface area contributed by atoms with E-state index in [1.165, 1.54) is 11.8 Å². The lowest BCUT2D eigenvalue weighted by Crippen LogP contribution is -2.39. The first-order valence-electron chi connectivity index (χ1n) is 9.56. The van der Waals surface area contributed by atoms with Gasteiger partial charge in [-0.3, -0.25) is 4.79 Å². The van der Waals surface area contributed by atoms with E-state index in [1.807, 2.05) is 44.2 Å². The van der Waals surface area contributed by atoms with Crippen LogP contribution in [0.15, 0.2) is 52.2 Å². The van der Waals surface area contributed by atoms with E-state index in [4.69, 9.17) is 0 Å². The SMILES string of the molecule is CC(C)C1C(C#N)=C(SC(C#N)c2ccccc2)NC2=C1C(=O)CC(C)(C)C2. The molecule has 4 nitrogen and oxygen atoms in total. The Morgan fingerprint density at radius 2 is 1.86 bits per heavy atom. The van der Waals surface area contributed by atoms with Crippen molar-refractivity contribution in [3.63, 3.8) is 0 Å². The van der Waals surface area contributed by atoms with Gasteiger partial charge in [-0.25, -0.2) is 0 Å². The number of hydrogen-bond acceptors (Lipinski definition) is 5. The molecular weight excluding hydrogens is 366 g/mol. The standard InChI is InChI=1S/C23H25N3OS/c1-14(2)20-16(12-24)22(28-19(13-25)15-8-6-5-7-9-15)26-17-10-23(3,4)11-18(27)21(17)20/h5-9,14,19-20,26H,10-11H2,1-4H3. The van der Waals surface area contributed by atoms with Gasteiger partial charge in [0, 0.05) is 23.6 Å². The number of carbonyl (C=O) groups is 1. The van der Waals surface area contributed by atoms with Crippen molar-refractivity contribution in [3.05, 3.63) is 57.8 Å². The van der Waals surface area contributed by atoms with Crippen LogP contribution in [0.4, 0.5) is 0 Å². The fraction of sp³-hybridized carbons (Fsp3) is 0.435. The van der Waals surface area contributed by atoms with Crippen LogP contribution in [-0.2, 0) is 4.79 Å². The minimum absolute atomic E-state index is 0.113. The quantitative estimate of drug-likeness (QED) is 0.759. The molecule has 1 N–H and O–H groups in total. The summed E-state index contributed by atoms with van der Waals surface area (Å²) in [6.45, 7) is 8.29. The second-order valence-corrected chi connectivity index (χ2v) is 9.69. The monoisotopic (exact) mass is 391 g/mol. The van der Waals surface area contributed by atoms with Gasteiger partial charge >= 0.3 is 0 Å². The second-order valence-electron chi connectivity index (χ2n) is 8.57. The van der Waals surface area contributed by atoms with Crippen LogP contribution >= 0.6 is 11.8 Å². The van der Waals surface area contributed by atoms with Gasteiger partial charge in [0.15, 0.2) is 5.78 Å². The lowest BCUT2D eigenvalue weighted by molar-refractivity contribution is -0.118. The van der Waals surface area contributed by atoms with Crippen LogP contribution < -0.4 is 5.32 Å². The van der Waals surface area contributed by atoms with E-state index in [2.05, 4.69) is 31.3 Å². The topological polar surface area (TPSA) is 76.7 Å². The third-order valence-corrected chi connectivity index (χ3v) is 6.46. The molecule has 1 aliphatic carbocycles. The zero-order chi connectivity index (χ0) is 20.5. The minimum Gasteiger partial charge on any atom is -0.352 e. The van der Waals surface area contributed by atoms with Crippen LogP contribution in [0.1, 0.15) is 51.3 Å². The summed E-state index contributed by atoms with van der Waals surface area (Å²) in [5, 5.41) is 23.3. The Balaban J connectivity index is 2.03. The molecule has 0 aromatic heterocycles. The van der Waals surface area contributed by atoms with E-state index in [9.17, 15) is 15.3 Å². The summed E-state index contributed by atoms with van der Waals surface area (Å²) >= 11 is 1.37. The molecule has 2 atom stereocenters. The number of nitrogens with one attached hydrogen (secondary N) is 1. The van der Waals surface area contributed by atoms with Gasteiger partial charge in [-0.05, 0) is 23.3 Å². The maximum absolute atomic E-state index is 12.9. The number of carbonyl (C=O) groups excluding carboxylic acids is 1. The Morgan fingerprint density at radius 1 is 1.18 bits per heavy atom. The average Bonchev–Trinajstić information content (AvgIpc) is 2.64. The lowest BCUT2D eigenvalue weighted by atomic mass is 9.68. The summed E-state index contributed by atoms with van der Waals surface area (Å²) in [5.41, 5.74) is 3.05. The molecule has 0 saturated heterocycles. The summed E-state index contributed by atoms with van der Waals surface area (Å²) in [6, 6.07) is 14.3. The predicted molar refractivity (Wildman–Crippen MR) is 112 cm³/mol. The van der Waals surface area contributed by atoms with Gasteiger partial charge in [-0.2, -0.15) is 10.5 Å². The van der Waals surface area contributed by atoms with Crippen molar-refractivity contribution in [2.24, 2.45) is 17.3 Å². The predicted octanol–water partition coefficient (Wildman–Crippen LogP) is 5.24. The largest absolute Gasteiger partial charge is 0.352 e. The maximum Gasteiger partial charge on any atom is 0.161 e. The van der Waals surface area contributed by atoms with Gasteiger partial charge < -0.3 is 5.32 Å². The van der Waals surface area contributed by atoms with Crippen molar-refractivity contribution in [1.82, 2.24) is 5.32 Å². The Bertz CT molecular complexity index is 929. The Hall–Kier alpha value is -2.50. The lowest BCUT2D eigenvalue weighted by Gasteiger charge is -2.40. The molecule has 0 amide bonds. The number of allylic oxidation sites excluding steroid dienone is 3. The summed E-state index contributed by atoms with van der Waals surface area (Å²) in [5.74, 6) is 0.0383. The minimum atomic E-state index is -0.422. The summed E-state index contributed by atoms with van der Waals surface area (Å²) in [7, 11) is 0. The highest BCUT2D eigenvalue weighted by Gasteiger charge is 2.42. The van der Waals surface area contributed by atoms with Crippen molar-refractivity contribution < 1.29 is 4.79 Å². The van der Waals surface area contributed by atoms with E-state index >= 15 is 0 Å². The average molecular weight is 392 g/mol. The molecule has 1 aromatic carbocycles. The molecule has 0 radical (unpaired) electrons. The first-order chi connectivity index (χ1) is 13.3. The Morgan fingerprint density at radius 3 is 2.43 bits per heavy atom. The summed E-state index contributed by atoms with van der Waals surface area (Å²) in [6.07, 6.45) is 1.27. The number of hydrogen-bond donors (Lipinski definition) is 1. The van der Waals surface area contributed by atoms with Crippen molar-refractivity contribution in [2.45, 2.75) is 45.8 Å². The van der Waals surface area contributed by atoms with Crippen LogP contribution in [0, 0.1) is 39.9 Å². The molecule has 0 bridgehead atoms. The molecular formula is C23H25N3OS. The van der Waals surface area contributed by atoms with Crippen LogP contribution in [0.2, 0.25) is 0 Å². The molecule has 5 heteroatoms. The van der Waals surface area contributed by atoms with E-state index in [-0.39, 0.29) is 23.0 Å². The molecule has 144 valence electrons. The van der Waals surface area contributed by atoms with Crippen molar-refractivity contribution in [3.8, 4) is 12.1 Å². The number of nitriles is 2. The van der Waals surface area contributed by atoms with Crippen LogP contribution in [0.5, 0.6) is 0 Å². The van der Waals surface area contributed by atoms with Gasteiger partial charge in [0.05, 0.1) is 22.7 Å². The third-order valence-electron chi connectivity index (χ3n) is 5.29. The molecule has 3 rings (SSSR count). The van der Waals surface area contributed by atoms with E-state index in [1.54, 1.807) is 0 Å². The number of dihydropyridines is 1. The fourth-order valence-electron chi connectivity index (χ4n) is 4.09. The highest BCUT2D eigenvalue weighted by atomic mass is 32.2. The molecule has 0 spiro atoms. The molecule has 28 heavy (non-hydrogen) atoms. The van der Waals surface area contributed by atoms with Crippen LogP contribution in [0.3, 0.4) is 0 Å². The molecule has 1 aliphatic heterocycles. The van der Waals surface area contributed by atoms with E-state index in [0.29, 0.717) is 17.0 Å². The second kappa shape index (κ2) is 7.86. The molecule has 1 heterocycles. The van der Waals surface area contributed by atoms with Crippen LogP contribution in [0.25, 0.3) is 0 Å². The van der Waals surface area contributed by atoms with Gasteiger partial charge in [-0.1, -0.05) is 69.8 Å². The number of ketones is 1. The third kappa shape index (κ3) is 3.86. The fourth-order valence-corrected chi connectivity index (χ4v) is 5.15. The molecule has 0 saturated carbocycles. The van der Waals surface area contributed by atoms with Crippen molar-refractivity contribution in [1.29, 1.82) is 10.5 Å². The van der Waals surface area contributed by atoms with Gasteiger partial charge in [0.2, 0.25) is 0 Å². The van der Waals surface area contributed by atoms with Crippen molar-refractivity contribution >= 4 is 17.5 Å². The Labute approximate surface area is 171 Å². The number of benzene rings is 1. The molecule has 2 unspecified atom stereocenters. The molecule has 0 fully saturated rings. The van der Waals surface area contributed by atoms with Gasteiger partial charge in [0.1, 0.15) is 5.25 Å².